The summed E-state index contributed by atoms with van der Waals surface area (Å²) < 4.78 is 19.6. The first-order valence-corrected chi connectivity index (χ1v) is 8.28. The lowest BCUT2D eigenvalue weighted by atomic mass is 10.1. The van der Waals surface area contributed by atoms with Crippen molar-refractivity contribution in [2.45, 2.75) is 6.61 Å². The van der Waals surface area contributed by atoms with Crippen molar-refractivity contribution < 1.29 is 9.13 Å². The quantitative estimate of drug-likeness (QED) is 0.471. The highest BCUT2D eigenvalue weighted by atomic mass is 35.5. The second-order valence-electron chi connectivity index (χ2n) is 5.21. The van der Waals surface area contributed by atoms with Gasteiger partial charge in [0.05, 0.1) is 0 Å². The van der Waals surface area contributed by atoms with Crippen LogP contribution in [0.5, 0.6) is 5.75 Å². The van der Waals surface area contributed by atoms with E-state index in [1.165, 1.54) is 12.1 Å². The number of hydrogen-bond acceptors (Lipinski definition) is 1. The molecule has 0 spiro atoms. The maximum atomic E-state index is 13.9. The molecule has 1 nitrogen and oxygen atoms in total. The Balaban J connectivity index is 1.84. The van der Waals surface area contributed by atoms with Crippen LogP contribution >= 0.6 is 34.8 Å². The van der Waals surface area contributed by atoms with Gasteiger partial charge in [0.25, 0.3) is 0 Å². The van der Waals surface area contributed by atoms with E-state index in [2.05, 4.69) is 0 Å². The van der Waals surface area contributed by atoms with Crippen LogP contribution in [-0.4, -0.2) is 0 Å². The Morgan fingerprint density at radius 3 is 2.21 bits per heavy atom. The molecule has 0 aliphatic heterocycles. The molecule has 5 heteroatoms. The predicted octanol–water partition coefficient (Wildman–Crippen LogP) is 7.03. The zero-order chi connectivity index (χ0) is 17.1. The van der Waals surface area contributed by atoms with Crippen molar-refractivity contribution in [2.75, 3.05) is 0 Å². The number of ether oxygens (including phenoxy) is 1. The minimum absolute atomic E-state index is 0.314. The first kappa shape index (κ1) is 17.1. The predicted molar refractivity (Wildman–Crippen MR) is 97.6 cm³/mol. The smallest absolute Gasteiger partial charge is 0.127 e. The normalized spacial score (nSPS) is 10.7. The van der Waals surface area contributed by atoms with E-state index in [4.69, 9.17) is 39.5 Å². The van der Waals surface area contributed by atoms with E-state index in [1.54, 1.807) is 36.4 Å². The third-order valence-electron chi connectivity index (χ3n) is 3.43. The van der Waals surface area contributed by atoms with Crippen LogP contribution in [0.15, 0.2) is 60.7 Å². The van der Waals surface area contributed by atoms with Crippen molar-refractivity contribution in [2.24, 2.45) is 0 Å². The summed E-state index contributed by atoms with van der Waals surface area (Å²) in [5, 5.41) is 1.64. The maximum Gasteiger partial charge on any atom is 0.127 e. The number of benzene rings is 3. The molecule has 0 N–H and O–H groups in total. The van der Waals surface area contributed by atoms with E-state index >= 15 is 0 Å². The Bertz CT molecular complexity index is 863. The fraction of sp³-hybridized carbons (Fsp3) is 0.0526. The summed E-state index contributed by atoms with van der Waals surface area (Å²) in [5.74, 6) is 0.0237. The molecular weight excluding hydrogens is 370 g/mol. The van der Waals surface area contributed by atoms with Crippen molar-refractivity contribution >= 4 is 34.8 Å². The molecule has 0 fully saturated rings. The molecule has 122 valence electrons. The second-order valence-corrected chi connectivity index (χ2v) is 6.49. The molecule has 0 unspecified atom stereocenters. The SMILES string of the molecule is Fc1cc(OCc2ccc(Cl)cc2)cc(-c2ccc(Cl)cc2Cl)c1. The molecule has 0 aliphatic rings. The second kappa shape index (κ2) is 7.43. The van der Waals surface area contributed by atoms with Crippen molar-refractivity contribution in [3.8, 4) is 16.9 Å². The minimum atomic E-state index is -0.398. The Kier molecular flexibility index (Phi) is 5.30. The Morgan fingerprint density at radius 2 is 1.50 bits per heavy atom. The molecular formula is C19H12Cl3FO. The van der Waals surface area contributed by atoms with Crippen molar-refractivity contribution in [1.82, 2.24) is 0 Å². The highest BCUT2D eigenvalue weighted by Gasteiger charge is 2.08. The maximum absolute atomic E-state index is 13.9. The van der Waals surface area contributed by atoms with E-state index < -0.39 is 5.82 Å². The highest BCUT2D eigenvalue weighted by Crippen LogP contribution is 2.33. The molecule has 3 aromatic rings. The van der Waals surface area contributed by atoms with Crippen LogP contribution in [0.2, 0.25) is 15.1 Å². The number of hydrogen-bond donors (Lipinski definition) is 0. The molecule has 0 aromatic heterocycles. The topological polar surface area (TPSA) is 9.23 Å². The standard InChI is InChI=1S/C19H12Cl3FO/c20-14-3-1-12(2-4-14)11-24-17-8-13(7-16(23)10-17)18-6-5-15(21)9-19(18)22/h1-10H,11H2. The van der Waals surface area contributed by atoms with Gasteiger partial charge < -0.3 is 4.74 Å². The summed E-state index contributed by atoms with van der Waals surface area (Å²) in [4.78, 5) is 0. The van der Waals surface area contributed by atoms with Crippen LogP contribution in [0.25, 0.3) is 11.1 Å². The van der Waals surface area contributed by atoms with Crippen LogP contribution < -0.4 is 4.74 Å². The van der Waals surface area contributed by atoms with Gasteiger partial charge in [-0.3, -0.25) is 0 Å². The summed E-state index contributed by atoms with van der Waals surface area (Å²) in [6.45, 7) is 0.314. The van der Waals surface area contributed by atoms with Crippen molar-refractivity contribution in [3.05, 3.63) is 87.1 Å². The zero-order valence-corrected chi connectivity index (χ0v) is 14.7. The zero-order valence-electron chi connectivity index (χ0n) is 12.4. The largest absolute Gasteiger partial charge is 0.489 e. The van der Waals surface area contributed by atoms with E-state index in [9.17, 15) is 4.39 Å². The van der Waals surface area contributed by atoms with Gasteiger partial charge in [-0.1, -0.05) is 53.0 Å². The molecule has 24 heavy (non-hydrogen) atoms. The van der Waals surface area contributed by atoms with Gasteiger partial charge in [0.2, 0.25) is 0 Å². The summed E-state index contributed by atoms with van der Waals surface area (Å²) in [6, 6.07) is 16.9. The highest BCUT2D eigenvalue weighted by molar-refractivity contribution is 6.36. The molecule has 0 aliphatic carbocycles. The van der Waals surface area contributed by atoms with Crippen LogP contribution in [-0.2, 0) is 6.61 Å². The van der Waals surface area contributed by atoms with E-state index in [1.807, 2.05) is 12.1 Å². The van der Waals surface area contributed by atoms with Gasteiger partial charge in [0.1, 0.15) is 18.2 Å². The van der Waals surface area contributed by atoms with Gasteiger partial charge in [0.15, 0.2) is 0 Å². The third-order valence-corrected chi connectivity index (χ3v) is 4.23. The van der Waals surface area contributed by atoms with Crippen LogP contribution in [0.3, 0.4) is 0 Å². The van der Waals surface area contributed by atoms with Gasteiger partial charge >= 0.3 is 0 Å². The Hall–Kier alpha value is -1.74. The molecule has 3 rings (SSSR count). The molecule has 0 bridgehead atoms. The molecule has 3 aromatic carbocycles. The first-order valence-electron chi connectivity index (χ1n) is 7.14. The van der Waals surface area contributed by atoms with E-state index in [0.29, 0.717) is 38.6 Å². The van der Waals surface area contributed by atoms with Gasteiger partial charge in [-0.05, 0) is 47.5 Å². The fourth-order valence-electron chi connectivity index (χ4n) is 2.27. The molecule has 0 heterocycles. The van der Waals surface area contributed by atoms with Crippen LogP contribution in [0.4, 0.5) is 4.39 Å². The van der Waals surface area contributed by atoms with Gasteiger partial charge in [-0.2, -0.15) is 0 Å². The third kappa shape index (κ3) is 4.21. The summed E-state index contributed by atoms with van der Waals surface area (Å²) >= 11 is 18.0. The van der Waals surface area contributed by atoms with Gasteiger partial charge in [-0.25, -0.2) is 4.39 Å². The van der Waals surface area contributed by atoms with E-state index in [-0.39, 0.29) is 0 Å². The van der Waals surface area contributed by atoms with Gasteiger partial charge in [-0.15, -0.1) is 0 Å². The molecule has 0 amide bonds. The van der Waals surface area contributed by atoms with Crippen molar-refractivity contribution in [1.29, 1.82) is 0 Å². The molecule has 0 radical (unpaired) electrons. The molecule has 0 saturated carbocycles. The molecule has 0 saturated heterocycles. The van der Waals surface area contributed by atoms with Crippen molar-refractivity contribution in [3.63, 3.8) is 0 Å². The summed E-state index contributed by atoms with van der Waals surface area (Å²) in [6.07, 6.45) is 0. The lowest BCUT2D eigenvalue weighted by Gasteiger charge is -2.10. The molecule has 0 atom stereocenters. The Morgan fingerprint density at radius 1 is 0.792 bits per heavy atom. The summed E-state index contributed by atoms with van der Waals surface area (Å²) in [5.41, 5.74) is 2.26. The fourth-order valence-corrected chi connectivity index (χ4v) is 2.92. The average molecular weight is 382 g/mol. The number of halogens is 4. The minimum Gasteiger partial charge on any atom is -0.489 e. The van der Waals surface area contributed by atoms with Gasteiger partial charge in [0, 0.05) is 26.7 Å². The Labute approximate surface area is 154 Å². The van der Waals surface area contributed by atoms with Crippen LogP contribution in [0, 0.1) is 5.82 Å². The van der Waals surface area contributed by atoms with E-state index in [0.717, 1.165) is 5.56 Å². The van der Waals surface area contributed by atoms with Crippen LogP contribution in [0.1, 0.15) is 5.56 Å². The monoisotopic (exact) mass is 380 g/mol. The lowest BCUT2D eigenvalue weighted by molar-refractivity contribution is 0.305. The summed E-state index contributed by atoms with van der Waals surface area (Å²) in [7, 11) is 0. The number of rotatable bonds is 4. The average Bonchev–Trinajstić information content (AvgIpc) is 2.54. The lowest BCUT2D eigenvalue weighted by Crippen LogP contribution is -1.96. The first-order chi connectivity index (χ1) is 11.5.